The summed E-state index contributed by atoms with van der Waals surface area (Å²) < 4.78 is 19.2. The van der Waals surface area contributed by atoms with Crippen molar-refractivity contribution in [3.63, 3.8) is 0 Å². The highest BCUT2D eigenvalue weighted by Gasteiger charge is 2.42. The fourth-order valence-corrected chi connectivity index (χ4v) is 2.93. The van der Waals surface area contributed by atoms with Crippen LogP contribution in [-0.4, -0.2) is 54.2 Å². The topological polar surface area (TPSA) is 53.0 Å². The van der Waals surface area contributed by atoms with Crippen LogP contribution in [0.25, 0.3) is 0 Å². The van der Waals surface area contributed by atoms with Crippen LogP contribution in [0.2, 0.25) is 0 Å². The Morgan fingerprint density at radius 2 is 1.95 bits per heavy atom. The summed E-state index contributed by atoms with van der Waals surface area (Å²) in [6.45, 7) is 0.846. The minimum absolute atomic E-state index is 0.205. The van der Waals surface area contributed by atoms with Gasteiger partial charge in [-0.15, -0.1) is 0 Å². The van der Waals surface area contributed by atoms with Gasteiger partial charge in [-0.25, -0.2) is 9.18 Å². The van der Waals surface area contributed by atoms with Crippen molar-refractivity contribution >= 4 is 11.8 Å². The van der Waals surface area contributed by atoms with E-state index in [1.807, 2.05) is 35.2 Å². The zero-order valence-corrected chi connectivity index (χ0v) is 11.7. The number of likely N-dealkylation sites (tertiary alicyclic amines) is 1. The number of piperidine rings is 1. The number of amides is 1. The normalized spacial score (nSPS) is 25.9. The third-order valence-corrected chi connectivity index (χ3v) is 4.28. The summed E-state index contributed by atoms with van der Waals surface area (Å²) in [5.41, 5.74) is -0.707. The SMILES string of the molecule is O=C1OCC(N2CCC(F)(CO)CC2)N1c1ccccc1. The lowest BCUT2D eigenvalue weighted by Gasteiger charge is -2.39. The summed E-state index contributed by atoms with van der Waals surface area (Å²) >= 11 is 0. The first-order valence-electron chi connectivity index (χ1n) is 7.18. The molecular weight excluding hydrogens is 275 g/mol. The molecule has 1 aromatic carbocycles. The van der Waals surface area contributed by atoms with Crippen LogP contribution in [0, 0.1) is 0 Å². The van der Waals surface area contributed by atoms with Crippen LogP contribution in [0.15, 0.2) is 30.3 Å². The number of anilines is 1. The number of hydrogen-bond donors (Lipinski definition) is 1. The van der Waals surface area contributed by atoms with Crippen molar-refractivity contribution in [2.75, 3.05) is 31.2 Å². The maximum absolute atomic E-state index is 14.1. The largest absolute Gasteiger partial charge is 0.445 e. The maximum atomic E-state index is 14.1. The molecule has 0 radical (unpaired) electrons. The Labute approximate surface area is 122 Å². The van der Waals surface area contributed by atoms with Crippen molar-refractivity contribution in [2.45, 2.75) is 24.7 Å². The summed E-state index contributed by atoms with van der Waals surface area (Å²) in [7, 11) is 0. The van der Waals surface area contributed by atoms with Gasteiger partial charge in [0.1, 0.15) is 18.4 Å². The van der Waals surface area contributed by atoms with E-state index in [9.17, 15) is 9.18 Å². The molecule has 1 unspecified atom stereocenters. The predicted octanol–water partition coefficient (Wildman–Crippen LogP) is 1.77. The Kier molecular flexibility index (Phi) is 3.82. The third-order valence-electron chi connectivity index (χ3n) is 4.28. The number of cyclic esters (lactones) is 1. The lowest BCUT2D eigenvalue weighted by atomic mass is 9.94. The summed E-state index contributed by atoms with van der Waals surface area (Å²) in [5.74, 6) is 0. The first-order valence-corrected chi connectivity index (χ1v) is 7.18. The van der Waals surface area contributed by atoms with Gasteiger partial charge in [-0.05, 0) is 25.0 Å². The van der Waals surface area contributed by atoms with E-state index in [1.54, 1.807) is 4.90 Å². The molecule has 1 aromatic rings. The van der Waals surface area contributed by atoms with Gasteiger partial charge in [-0.1, -0.05) is 18.2 Å². The van der Waals surface area contributed by atoms with Gasteiger partial charge in [0.15, 0.2) is 0 Å². The lowest BCUT2D eigenvalue weighted by molar-refractivity contribution is -0.00377. The highest BCUT2D eigenvalue weighted by atomic mass is 19.1. The summed E-state index contributed by atoms with van der Waals surface area (Å²) in [5, 5.41) is 9.09. The minimum Gasteiger partial charge on any atom is -0.445 e. The van der Waals surface area contributed by atoms with Gasteiger partial charge in [-0.2, -0.15) is 0 Å². The van der Waals surface area contributed by atoms with Crippen LogP contribution >= 0.6 is 0 Å². The van der Waals surface area contributed by atoms with Gasteiger partial charge in [-0.3, -0.25) is 9.80 Å². The molecule has 1 amide bonds. The predicted molar refractivity (Wildman–Crippen MR) is 75.8 cm³/mol. The fourth-order valence-electron chi connectivity index (χ4n) is 2.93. The van der Waals surface area contributed by atoms with E-state index in [1.165, 1.54) is 0 Å². The second-order valence-electron chi connectivity index (χ2n) is 5.61. The number of aliphatic hydroxyl groups is 1. The molecule has 3 rings (SSSR count). The zero-order chi connectivity index (χ0) is 14.9. The van der Waals surface area contributed by atoms with E-state index < -0.39 is 12.3 Å². The van der Waals surface area contributed by atoms with E-state index in [4.69, 9.17) is 9.84 Å². The molecule has 0 spiro atoms. The van der Waals surface area contributed by atoms with E-state index >= 15 is 0 Å². The van der Waals surface area contributed by atoms with Crippen molar-refractivity contribution in [1.29, 1.82) is 0 Å². The molecule has 2 saturated heterocycles. The first-order chi connectivity index (χ1) is 10.1. The molecule has 2 aliphatic rings. The van der Waals surface area contributed by atoms with Crippen LogP contribution < -0.4 is 4.90 Å². The van der Waals surface area contributed by atoms with E-state index in [-0.39, 0.29) is 31.7 Å². The second-order valence-corrected chi connectivity index (χ2v) is 5.61. The Hall–Kier alpha value is -1.66. The Balaban J connectivity index is 1.75. The van der Waals surface area contributed by atoms with Crippen molar-refractivity contribution < 1.29 is 19.0 Å². The van der Waals surface area contributed by atoms with Gasteiger partial charge < -0.3 is 9.84 Å². The molecule has 0 bridgehead atoms. The van der Waals surface area contributed by atoms with Crippen molar-refractivity contribution in [2.24, 2.45) is 0 Å². The van der Waals surface area contributed by atoms with Gasteiger partial charge in [0.05, 0.1) is 6.61 Å². The Morgan fingerprint density at radius 3 is 2.57 bits per heavy atom. The molecule has 0 aliphatic carbocycles. The molecule has 1 N–H and O–H groups in total. The molecule has 2 fully saturated rings. The van der Waals surface area contributed by atoms with Crippen LogP contribution in [0.4, 0.5) is 14.9 Å². The van der Waals surface area contributed by atoms with Gasteiger partial charge in [0, 0.05) is 18.8 Å². The number of nitrogens with zero attached hydrogens (tertiary/aromatic N) is 2. The van der Waals surface area contributed by atoms with Crippen LogP contribution in [0.3, 0.4) is 0 Å². The molecule has 0 saturated carbocycles. The Bertz CT molecular complexity index is 503. The average Bonchev–Trinajstić information content (AvgIpc) is 2.91. The number of hydrogen-bond acceptors (Lipinski definition) is 4. The smallest absolute Gasteiger partial charge is 0.415 e. The van der Waals surface area contributed by atoms with Crippen molar-refractivity contribution in [1.82, 2.24) is 4.90 Å². The van der Waals surface area contributed by atoms with Crippen molar-refractivity contribution in [3.05, 3.63) is 30.3 Å². The number of para-hydroxylation sites is 1. The molecule has 0 aromatic heterocycles. The molecular formula is C15H19FN2O3. The number of carbonyl (C=O) groups is 1. The van der Waals surface area contributed by atoms with Gasteiger partial charge in [0.2, 0.25) is 0 Å². The van der Waals surface area contributed by atoms with Crippen molar-refractivity contribution in [3.8, 4) is 0 Å². The van der Waals surface area contributed by atoms with Gasteiger partial charge >= 0.3 is 6.09 Å². The van der Waals surface area contributed by atoms with Gasteiger partial charge in [0.25, 0.3) is 0 Å². The van der Waals surface area contributed by atoms with E-state index in [2.05, 4.69) is 0 Å². The number of benzene rings is 1. The molecule has 1 atom stereocenters. The monoisotopic (exact) mass is 294 g/mol. The number of alkyl halides is 1. The molecule has 5 nitrogen and oxygen atoms in total. The van der Waals surface area contributed by atoms with Crippen LogP contribution in [0.5, 0.6) is 0 Å². The van der Waals surface area contributed by atoms with E-state index in [0.717, 1.165) is 5.69 Å². The average molecular weight is 294 g/mol. The molecule has 6 heteroatoms. The molecule has 2 aliphatic heterocycles. The summed E-state index contributed by atoms with van der Waals surface area (Å²) in [6, 6.07) is 9.34. The summed E-state index contributed by atoms with van der Waals surface area (Å²) in [4.78, 5) is 15.6. The highest BCUT2D eigenvalue weighted by Crippen LogP contribution is 2.31. The lowest BCUT2D eigenvalue weighted by Crippen LogP contribution is -2.53. The van der Waals surface area contributed by atoms with E-state index in [0.29, 0.717) is 13.1 Å². The number of aliphatic hydroxyl groups excluding tert-OH is 1. The Morgan fingerprint density at radius 1 is 1.29 bits per heavy atom. The molecule has 2 heterocycles. The van der Waals surface area contributed by atoms with Crippen LogP contribution in [-0.2, 0) is 4.74 Å². The fraction of sp³-hybridized carbons (Fsp3) is 0.533. The minimum atomic E-state index is -1.49. The quantitative estimate of drug-likeness (QED) is 0.923. The summed E-state index contributed by atoms with van der Waals surface area (Å²) in [6.07, 6.45) is -0.0261. The highest BCUT2D eigenvalue weighted by molar-refractivity contribution is 5.90. The second kappa shape index (κ2) is 5.61. The number of carbonyl (C=O) groups excluding carboxylic acids is 1. The van der Waals surface area contributed by atoms with Crippen LogP contribution in [0.1, 0.15) is 12.8 Å². The number of ether oxygens (including phenoxy) is 1. The molecule has 114 valence electrons. The number of halogens is 1. The standard InChI is InChI=1S/C15H19FN2O3/c16-15(11-19)6-8-17(9-7-15)13-10-21-14(20)18(13)12-4-2-1-3-5-12/h1-5,13,19H,6-11H2. The molecule has 21 heavy (non-hydrogen) atoms. The zero-order valence-electron chi connectivity index (χ0n) is 11.7. The first kappa shape index (κ1) is 14.3. The maximum Gasteiger partial charge on any atom is 0.415 e. The third kappa shape index (κ3) is 2.73. The number of rotatable bonds is 3.